The van der Waals surface area contributed by atoms with Gasteiger partial charge in [0.15, 0.2) is 6.10 Å². The standard InChI is InChI=1S/C45H82O5/c1-3-5-7-9-11-13-15-17-19-21-22-24-25-27-29-31-33-35-37-39-44(47)49-42-43(41-46)50-45(48)40-38-36-34-32-30-28-26-23-20-18-16-14-12-10-8-6-4-2/h12,14,17-20,43,46H,3-11,13,15-16,21-42H2,1-2H3/t43-/m0/s1. The molecule has 0 fully saturated rings. The molecule has 0 unspecified atom stereocenters. The van der Waals surface area contributed by atoms with Crippen LogP contribution < -0.4 is 0 Å². The van der Waals surface area contributed by atoms with Crippen molar-refractivity contribution in [2.24, 2.45) is 0 Å². The number of carbonyl (C=O) groups is 2. The van der Waals surface area contributed by atoms with Gasteiger partial charge in [-0.3, -0.25) is 9.59 Å². The Labute approximate surface area is 310 Å². The summed E-state index contributed by atoms with van der Waals surface area (Å²) in [5.74, 6) is -0.597. The number of ether oxygens (including phenoxy) is 2. The van der Waals surface area contributed by atoms with E-state index in [2.05, 4.69) is 50.3 Å². The van der Waals surface area contributed by atoms with Crippen LogP contribution in [-0.4, -0.2) is 36.4 Å². The Kier molecular flexibility index (Phi) is 40.0. The summed E-state index contributed by atoms with van der Waals surface area (Å²) in [4.78, 5) is 24.3. The maximum absolute atomic E-state index is 12.2. The van der Waals surface area contributed by atoms with Gasteiger partial charge in [0.2, 0.25) is 0 Å². The van der Waals surface area contributed by atoms with Crippen LogP contribution in [0.4, 0.5) is 0 Å². The van der Waals surface area contributed by atoms with E-state index < -0.39 is 6.10 Å². The summed E-state index contributed by atoms with van der Waals surface area (Å²) in [6.07, 6.45) is 50.6. The van der Waals surface area contributed by atoms with Gasteiger partial charge in [-0.05, 0) is 70.6 Å². The van der Waals surface area contributed by atoms with Crippen molar-refractivity contribution in [3.63, 3.8) is 0 Å². The first-order valence-electron chi connectivity index (χ1n) is 21.5. The molecular formula is C45H82O5. The summed E-state index contributed by atoms with van der Waals surface area (Å²) in [6, 6.07) is 0. The average Bonchev–Trinajstić information content (AvgIpc) is 3.12. The van der Waals surface area contributed by atoms with Crippen LogP contribution in [0.1, 0.15) is 219 Å². The van der Waals surface area contributed by atoms with Crippen molar-refractivity contribution >= 4 is 11.9 Å². The van der Waals surface area contributed by atoms with E-state index in [1.54, 1.807) is 0 Å². The molecule has 0 rings (SSSR count). The van der Waals surface area contributed by atoms with Crippen LogP contribution in [0.25, 0.3) is 0 Å². The highest BCUT2D eigenvalue weighted by molar-refractivity contribution is 5.70. The van der Waals surface area contributed by atoms with Crippen molar-refractivity contribution < 1.29 is 24.2 Å². The summed E-state index contributed by atoms with van der Waals surface area (Å²) in [5, 5.41) is 9.57. The minimum atomic E-state index is -0.775. The number of rotatable bonds is 39. The molecule has 1 atom stereocenters. The number of hydrogen-bond acceptors (Lipinski definition) is 5. The first-order chi connectivity index (χ1) is 24.6. The highest BCUT2D eigenvalue weighted by Gasteiger charge is 2.16. The largest absolute Gasteiger partial charge is 0.462 e. The van der Waals surface area contributed by atoms with E-state index in [0.717, 1.165) is 51.4 Å². The van der Waals surface area contributed by atoms with Crippen molar-refractivity contribution in [3.05, 3.63) is 36.5 Å². The second kappa shape index (κ2) is 41.5. The van der Waals surface area contributed by atoms with Crippen LogP contribution in [0.2, 0.25) is 0 Å². The zero-order valence-electron chi connectivity index (χ0n) is 33.2. The molecule has 292 valence electrons. The second-order valence-corrected chi connectivity index (χ2v) is 14.4. The first-order valence-corrected chi connectivity index (χ1v) is 21.5. The van der Waals surface area contributed by atoms with Crippen molar-refractivity contribution in [1.29, 1.82) is 0 Å². The lowest BCUT2D eigenvalue weighted by Gasteiger charge is -2.15. The number of allylic oxidation sites excluding steroid dienone is 6. The van der Waals surface area contributed by atoms with Gasteiger partial charge in [-0.1, -0.05) is 172 Å². The maximum Gasteiger partial charge on any atom is 0.306 e. The molecule has 0 heterocycles. The SMILES string of the molecule is CCCCCC=CCC=CCCCCCCCCCC(=O)O[C@@H](CO)COC(=O)CCCCCCCCCCCC=CCCCCCCCC. The van der Waals surface area contributed by atoms with Crippen molar-refractivity contribution in [3.8, 4) is 0 Å². The van der Waals surface area contributed by atoms with Crippen molar-refractivity contribution in [2.45, 2.75) is 225 Å². The fourth-order valence-corrected chi connectivity index (χ4v) is 6.11. The van der Waals surface area contributed by atoms with Gasteiger partial charge in [-0.25, -0.2) is 0 Å². The maximum atomic E-state index is 12.2. The van der Waals surface area contributed by atoms with E-state index in [1.807, 2.05) is 0 Å². The number of hydrogen-bond donors (Lipinski definition) is 1. The monoisotopic (exact) mass is 703 g/mol. The van der Waals surface area contributed by atoms with Gasteiger partial charge in [0.05, 0.1) is 6.61 Å². The van der Waals surface area contributed by atoms with Crippen molar-refractivity contribution in [1.82, 2.24) is 0 Å². The third-order valence-electron chi connectivity index (χ3n) is 9.41. The Morgan fingerprint density at radius 3 is 1.24 bits per heavy atom. The molecule has 0 aliphatic carbocycles. The minimum absolute atomic E-state index is 0.0685. The van der Waals surface area contributed by atoms with Gasteiger partial charge < -0.3 is 14.6 Å². The molecule has 0 aliphatic rings. The Bertz CT molecular complexity index is 801. The normalized spacial score (nSPS) is 12.5. The molecule has 0 saturated heterocycles. The quantitative estimate of drug-likeness (QED) is 0.0392. The Morgan fingerprint density at radius 2 is 0.800 bits per heavy atom. The van der Waals surface area contributed by atoms with E-state index in [1.165, 1.54) is 141 Å². The van der Waals surface area contributed by atoms with E-state index >= 15 is 0 Å². The molecular weight excluding hydrogens is 620 g/mol. The van der Waals surface area contributed by atoms with Crippen LogP contribution in [-0.2, 0) is 19.1 Å². The Hall–Kier alpha value is -1.88. The molecule has 0 aromatic rings. The van der Waals surface area contributed by atoms with Gasteiger partial charge in [0.25, 0.3) is 0 Å². The summed E-state index contributed by atoms with van der Waals surface area (Å²) in [6.45, 7) is 4.11. The Morgan fingerprint density at radius 1 is 0.460 bits per heavy atom. The topological polar surface area (TPSA) is 72.8 Å². The third-order valence-corrected chi connectivity index (χ3v) is 9.41. The van der Waals surface area contributed by atoms with Gasteiger partial charge in [-0.2, -0.15) is 0 Å². The molecule has 0 bridgehead atoms. The van der Waals surface area contributed by atoms with E-state index in [-0.39, 0.29) is 25.2 Å². The highest BCUT2D eigenvalue weighted by Crippen LogP contribution is 2.14. The predicted octanol–water partition coefficient (Wildman–Crippen LogP) is 13.6. The molecule has 1 N–H and O–H groups in total. The van der Waals surface area contributed by atoms with Crippen LogP contribution >= 0.6 is 0 Å². The molecule has 5 heteroatoms. The minimum Gasteiger partial charge on any atom is -0.462 e. The zero-order chi connectivity index (χ0) is 36.4. The third kappa shape index (κ3) is 38.9. The van der Waals surface area contributed by atoms with Crippen molar-refractivity contribution in [2.75, 3.05) is 13.2 Å². The highest BCUT2D eigenvalue weighted by atomic mass is 16.6. The van der Waals surface area contributed by atoms with Gasteiger partial charge in [0, 0.05) is 12.8 Å². The van der Waals surface area contributed by atoms with E-state index in [9.17, 15) is 14.7 Å². The summed E-state index contributed by atoms with van der Waals surface area (Å²) >= 11 is 0. The number of carbonyl (C=O) groups excluding carboxylic acids is 2. The summed E-state index contributed by atoms with van der Waals surface area (Å²) < 4.78 is 10.6. The smallest absolute Gasteiger partial charge is 0.306 e. The van der Waals surface area contributed by atoms with Gasteiger partial charge >= 0.3 is 11.9 Å². The molecule has 0 saturated carbocycles. The molecule has 5 nitrogen and oxygen atoms in total. The van der Waals surface area contributed by atoms with Crippen LogP contribution in [0.15, 0.2) is 36.5 Å². The first kappa shape index (κ1) is 48.1. The molecule has 0 spiro atoms. The molecule has 0 aliphatic heterocycles. The fourth-order valence-electron chi connectivity index (χ4n) is 6.11. The summed E-state index contributed by atoms with van der Waals surface area (Å²) in [7, 11) is 0. The zero-order valence-corrected chi connectivity index (χ0v) is 33.2. The molecule has 0 aromatic carbocycles. The molecule has 0 aromatic heterocycles. The Balaban J connectivity index is 3.54. The molecule has 0 amide bonds. The van der Waals surface area contributed by atoms with Gasteiger partial charge in [-0.15, -0.1) is 0 Å². The average molecular weight is 703 g/mol. The number of unbranched alkanes of at least 4 members (excludes halogenated alkanes) is 25. The fraction of sp³-hybridized carbons (Fsp3) is 0.822. The van der Waals surface area contributed by atoms with Crippen LogP contribution in [0, 0.1) is 0 Å². The number of aliphatic hydroxyl groups is 1. The van der Waals surface area contributed by atoms with Crippen LogP contribution in [0.3, 0.4) is 0 Å². The molecule has 50 heavy (non-hydrogen) atoms. The lowest BCUT2D eigenvalue weighted by atomic mass is 10.1. The van der Waals surface area contributed by atoms with E-state index in [0.29, 0.717) is 12.8 Å². The lowest BCUT2D eigenvalue weighted by Crippen LogP contribution is -2.28. The summed E-state index contributed by atoms with van der Waals surface area (Å²) in [5.41, 5.74) is 0. The van der Waals surface area contributed by atoms with E-state index in [4.69, 9.17) is 9.47 Å². The van der Waals surface area contributed by atoms with Crippen LogP contribution in [0.5, 0.6) is 0 Å². The number of esters is 2. The lowest BCUT2D eigenvalue weighted by molar-refractivity contribution is -0.161. The second-order valence-electron chi connectivity index (χ2n) is 14.4. The predicted molar refractivity (Wildman–Crippen MR) is 214 cm³/mol. The van der Waals surface area contributed by atoms with Gasteiger partial charge in [0.1, 0.15) is 6.61 Å². The molecule has 0 radical (unpaired) electrons. The number of aliphatic hydroxyl groups excluding tert-OH is 1.